The number of rotatable bonds is 4. The second-order valence-corrected chi connectivity index (χ2v) is 7.24. The SMILES string of the molecule is Clc1ccccc1C1N=C(NCc2ccccc2)NC1c1ccccc1Cl. The number of benzene rings is 3. The smallest absolute Gasteiger partial charge is 0.192 e. The van der Waals surface area contributed by atoms with Gasteiger partial charge in [-0.1, -0.05) is 89.9 Å². The normalized spacial score (nSPS) is 18.7. The summed E-state index contributed by atoms with van der Waals surface area (Å²) in [7, 11) is 0. The molecule has 2 atom stereocenters. The third kappa shape index (κ3) is 3.95. The number of nitrogens with one attached hydrogen (secondary N) is 2. The molecule has 2 N–H and O–H groups in total. The number of nitrogens with zero attached hydrogens (tertiary/aromatic N) is 1. The topological polar surface area (TPSA) is 36.4 Å². The molecule has 1 aliphatic rings. The quantitative estimate of drug-likeness (QED) is 0.609. The second-order valence-electron chi connectivity index (χ2n) is 6.43. The molecule has 0 amide bonds. The van der Waals surface area contributed by atoms with Crippen LogP contribution in [0.4, 0.5) is 0 Å². The molecule has 0 saturated heterocycles. The van der Waals surface area contributed by atoms with Crippen LogP contribution in [0, 0.1) is 0 Å². The molecule has 1 heterocycles. The highest BCUT2D eigenvalue weighted by atomic mass is 35.5. The van der Waals surface area contributed by atoms with Gasteiger partial charge in [0.2, 0.25) is 0 Å². The molecule has 0 aliphatic carbocycles. The van der Waals surface area contributed by atoms with Crippen molar-refractivity contribution in [2.75, 3.05) is 0 Å². The zero-order valence-corrected chi connectivity index (χ0v) is 16.1. The predicted molar refractivity (Wildman–Crippen MR) is 112 cm³/mol. The third-order valence-corrected chi connectivity index (χ3v) is 5.33. The van der Waals surface area contributed by atoms with Gasteiger partial charge in [-0.05, 0) is 28.8 Å². The summed E-state index contributed by atoms with van der Waals surface area (Å²) in [5.74, 6) is 0.744. The van der Waals surface area contributed by atoms with Gasteiger partial charge in [0, 0.05) is 16.6 Å². The first-order valence-electron chi connectivity index (χ1n) is 8.83. The van der Waals surface area contributed by atoms with Crippen LogP contribution in [-0.2, 0) is 6.54 Å². The van der Waals surface area contributed by atoms with Gasteiger partial charge in [-0.25, -0.2) is 4.99 Å². The van der Waals surface area contributed by atoms with Gasteiger partial charge in [0.25, 0.3) is 0 Å². The van der Waals surface area contributed by atoms with Crippen LogP contribution in [-0.4, -0.2) is 5.96 Å². The molecule has 0 saturated carbocycles. The first-order chi connectivity index (χ1) is 13.2. The first-order valence-corrected chi connectivity index (χ1v) is 9.59. The van der Waals surface area contributed by atoms with E-state index < -0.39 is 0 Å². The van der Waals surface area contributed by atoms with Crippen molar-refractivity contribution in [2.24, 2.45) is 4.99 Å². The average Bonchev–Trinajstić information content (AvgIpc) is 3.12. The van der Waals surface area contributed by atoms with Gasteiger partial charge in [0.1, 0.15) is 6.04 Å². The van der Waals surface area contributed by atoms with Crippen LogP contribution < -0.4 is 10.6 Å². The van der Waals surface area contributed by atoms with E-state index in [0.717, 1.165) is 17.1 Å². The second kappa shape index (κ2) is 8.03. The average molecular weight is 396 g/mol. The van der Waals surface area contributed by atoms with E-state index in [9.17, 15) is 0 Å². The Kier molecular flexibility index (Phi) is 5.33. The molecule has 1 aliphatic heterocycles. The lowest BCUT2D eigenvalue weighted by atomic mass is 9.95. The summed E-state index contributed by atoms with van der Waals surface area (Å²) in [5, 5.41) is 8.30. The maximum Gasteiger partial charge on any atom is 0.192 e. The van der Waals surface area contributed by atoms with Crippen molar-refractivity contribution < 1.29 is 0 Å². The van der Waals surface area contributed by atoms with Crippen LogP contribution in [0.1, 0.15) is 28.8 Å². The van der Waals surface area contributed by atoms with E-state index in [-0.39, 0.29) is 12.1 Å². The van der Waals surface area contributed by atoms with E-state index in [1.807, 2.05) is 66.7 Å². The van der Waals surface area contributed by atoms with E-state index in [2.05, 4.69) is 22.8 Å². The van der Waals surface area contributed by atoms with Crippen molar-refractivity contribution in [1.82, 2.24) is 10.6 Å². The standard InChI is InChI=1S/C22H19Cl2N3/c23-18-12-6-4-10-16(18)20-21(17-11-5-7-13-19(17)24)27-22(26-20)25-14-15-8-2-1-3-9-15/h1-13,20-21H,14H2,(H2,25,26,27). The fraction of sp³-hybridized carbons (Fsp3) is 0.136. The number of aliphatic imine (C=N–C) groups is 1. The van der Waals surface area contributed by atoms with Gasteiger partial charge < -0.3 is 10.6 Å². The molecule has 3 nitrogen and oxygen atoms in total. The monoisotopic (exact) mass is 395 g/mol. The lowest BCUT2D eigenvalue weighted by Gasteiger charge is -2.21. The molecule has 0 spiro atoms. The molecule has 3 aromatic rings. The highest BCUT2D eigenvalue weighted by Crippen LogP contribution is 2.40. The summed E-state index contributed by atoms with van der Waals surface area (Å²) >= 11 is 12.9. The minimum absolute atomic E-state index is 0.0862. The summed E-state index contributed by atoms with van der Waals surface area (Å²) < 4.78 is 0. The van der Waals surface area contributed by atoms with Crippen molar-refractivity contribution in [3.8, 4) is 0 Å². The lowest BCUT2D eigenvalue weighted by molar-refractivity contribution is 0.570. The Morgan fingerprint density at radius 1 is 0.778 bits per heavy atom. The van der Waals surface area contributed by atoms with Crippen molar-refractivity contribution in [2.45, 2.75) is 18.6 Å². The van der Waals surface area contributed by atoms with E-state index in [4.69, 9.17) is 28.2 Å². The Bertz CT molecular complexity index is 957. The molecule has 0 bridgehead atoms. The van der Waals surface area contributed by atoms with Gasteiger partial charge in [-0.15, -0.1) is 0 Å². The Morgan fingerprint density at radius 2 is 1.37 bits per heavy atom. The van der Waals surface area contributed by atoms with Gasteiger partial charge in [0.05, 0.1) is 6.04 Å². The summed E-state index contributed by atoms with van der Waals surface area (Å²) in [6.45, 7) is 0.692. The van der Waals surface area contributed by atoms with E-state index in [1.165, 1.54) is 5.56 Å². The molecule has 0 radical (unpaired) electrons. The minimum Gasteiger partial charge on any atom is -0.352 e. The van der Waals surface area contributed by atoms with E-state index >= 15 is 0 Å². The van der Waals surface area contributed by atoms with Crippen molar-refractivity contribution in [3.05, 3.63) is 106 Å². The number of hydrogen-bond acceptors (Lipinski definition) is 3. The minimum atomic E-state index is -0.156. The van der Waals surface area contributed by atoms with Gasteiger partial charge in [-0.3, -0.25) is 0 Å². The van der Waals surface area contributed by atoms with Crippen LogP contribution in [0.5, 0.6) is 0 Å². The van der Waals surface area contributed by atoms with Crippen molar-refractivity contribution >= 4 is 29.2 Å². The largest absolute Gasteiger partial charge is 0.352 e. The molecule has 2 unspecified atom stereocenters. The van der Waals surface area contributed by atoms with Crippen molar-refractivity contribution in [3.63, 3.8) is 0 Å². The Morgan fingerprint density at radius 3 is 2.04 bits per heavy atom. The zero-order chi connectivity index (χ0) is 18.6. The van der Waals surface area contributed by atoms with Crippen LogP contribution in [0.2, 0.25) is 10.0 Å². The molecule has 5 heteroatoms. The molecular formula is C22H19Cl2N3. The van der Waals surface area contributed by atoms with Crippen LogP contribution >= 0.6 is 23.2 Å². The molecule has 3 aromatic carbocycles. The molecule has 4 rings (SSSR count). The van der Waals surface area contributed by atoms with Gasteiger partial charge in [-0.2, -0.15) is 0 Å². The lowest BCUT2D eigenvalue weighted by Crippen LogP contribution is -2.35. The van der Waals surface area contributed by atoms with Crippen LogP contribution in [0.3, 0.4) is 0 Å². The zero-order valence-electron chi connectivity index (χ0n) is 14.6. The molecule has 27 heavy (non-hydrogen) atoms. The molecule has 0 fully saturated rings. The van der Waals surface area contributed by atoms with Crippen LogP contribution in [0.15, 0.2) is 83.9 Å². The number of guanidine groups is 1. The number of hydrogen-bond donors (Lipinski definition) is 2. The summed E-state index contributed by atoms with van der Waals surface area (Å²) in [6, 6.07) is 25.7. The number of halogens is 2. The predicted octanol–water partition coefficient (Wildman–Crippen LogP) is 5.52. The fourth-order valence-corrected chi connectivity index (χ4v) is 3.80. The van der Waals surface area contributed by atoms with E-state index in [1.54, 1.807) is 0 Å². The molecule has 136 valence electrons. The van der Waals surface area contributed by atoms with Gasteiger partial charge in [0.15, 0.2) is 5.96 Å². The van der Waals surface area contributed by atoms with Gasteiger partial charge >= 0.3 is 0 Å². The highest BCUT2D eigenvalue weighted by molar-refractivity contribution is 6.32. The Labute approximate surface area is 169 Å². The molecule has 0 aromatic heterocycles. The first kappa shape index (κ1) is 17.9. The van der Waals surface area contributed by atoms with Crippen molar-refractivity contribution in [1.29, 1.82) is 0 Å². The Balaban J connectivity index is 1.63. The summed E-state index contributed by atoms with van der Waals surface area (Å²) in [5.41, 5.74) is 3.18. The summed E-state index contributed by atoms with van der Waals surface area (Å²) in [4.78, 5) is 4.88. The maximum absolute atomic E-state index is 6.47. The maximum atomic E-state index is 6.47. The Hall–Kier alpha value is -2.49. The molecular weight excluding hydrogens is 377 g/mol. The fourth-order valence-electron chi connectivity index (χ4n) is 3.29. The van der Waals surface area contributed by atoms with Crippen LogP contribution in [0.25, 0.3) is 0 Å². The highest BCUT2D eigenvalue weighted by Gasteiger charge is 2.33. The third-order valence-electron chi connectivity index (χ3n) is 4.64. The summed E-state index contributed by atoms with van der Waals surface area (Å²) in [6.07, 6.45) is 0. The van der Waals surface area contributed by atoms with E-state index in [0.29, 0.717) is 16.6 Å².